The van der Waals surface area contributed by atoms with Crippen LogP contribution in [0, 0.1) is 0 Å². The first kappa shape index (κ1) is 19.0. The van der Waals surface area contributed by atoms with Gasteiger partial charge in [0, 0.05) is 43.1 Å². The van der Waals surface area contributed by atoms with Crippen LogP contribution in [0.4, 0.5) is 0 Å². The molecule has 2 rings (SSSR count). The van der Waals surface area contributed by atoms with Crippen molar-refractivity contribution in [2.75, 3.05) is 19.5 Å². The number of pyridine rings is 1. The zero-order valence-corrected chi connectivity index (χ0v) is 16.7. The van der Waals surface area contributed by atoms with Crippen molar-refractivity contribution in [3.05, 3.63) is 24.5 Å². The lowest BCUT2D eigenvalue weighted by molar-refractivity contribution is -0.140. The summed E-state index contributed by atoms with van der Waals surface area (Å²) >= 11 is 1.61. The van der Waals surface area contributed by atoms with Gasteiger partial charge in [-0.2, -0.15) is 0 Å². The third-order valence-electron chi connectivity index (χ3n) is 3.61. The summed E-state index contributed by atoms with van der Waals surface area (Å²) in [6, 6.07) is 5.32. The van der Waals surface area contributed by atoms with Crippen LogP contribution in [0.5, 0.6) is 0 Å². The molecule has 0 saturated heterocycles. The van der Waals surface area contributed by atoms with Crippen LogP contribution in [-0.4, -0.2) is 43.1 Å². The second-order valence-electron chi connectivity index (χ2n) is 6.89. The number of thioether (sulfide) groups is 1. The summed E-state index contributed by atoms with van der Waals surface area (Å²) in [5.74, 6) is 0.513. The van der Waals surface area contributed by atoms with Crippen molar-refractivity contribution in [1.82, 2.24) is 9.55 Å². The average molecular weight is 367 g/mol. The first-order chi connectivity index (χ1) is 11.4. The van der Waals surface area contributed by atoms with Gasteiger partial charge >= 0.3 is 5.97 Å². The molecule has 0 bridgehead atoms. The van der Waals surface area contributed by atoms with Crippen molar-refractivity contribution < 1.29 is 14.3 Å². The number of carbonyl (C=O) groups excluding carboxylic acids is 1. The molecule has 2 heterocycles. The Morgan fingerprint density at radius 1 is 1.38 bits per heavy atom. The number of ether oxygens (including phenoxy) is 2. The van der Waals surface area contributed by atoms with E-state index in [4.69, 9.17) is 4.74 Å². The Kier molecular flexibility index (Phi) is 6.88. The molecule has 2 aromatic rings. The molecule has 0 spiro atoms. The molecular weight excluding hydrogens is 340 g/mol. The van der Waals surface area contributed by atoms with Crippen LogP contribution in [0.3, 0.4) is 0 Å². The maximum atomic E-state index is 11.1. The van der Waals surface area contributed by atoms with Gasteiger partial charge in [0.05, 0.1) is 13.5 Å². The van der Waals surface area contributed by atoms with Crippen LogP contribution in [0.1, 0.15) is 6.42 Å². The van der Waals surface area contributed by atoms with E-state index in [1.54, 1.807) is 11.8 Å². The van der Waals surface area contributed by atoms with Gasteiger partial charge in [-0.15, -0.1) is 11.8 Å². The molecule has 0 atom stereocenters. The highest BCUT2D eigenvalue weighted by atomic mass is 32.2. The lowest BCUT2D eigenvalue weighted by Gasteiger charge is -2.15. The van der Waals surface area contributed by atoms with Gasteiger partial charge in [0.25, 0.3) is 0 Å². The standard InChI is InChI=1S/C17H26N2O3SSi/c1-21-16(20)6-9-23-15-11-14-5-7-19(17(14)18-12-15)13-22-8-10-24(2,3)4/h5,7,11-12H,6,8-10,13H2,1-4H3. The molecule has 0 aliphatic rings. The molecular formula is C17H26N2O3SSi. The van der Waals surface area contributed by atoms with E-state index in [-0.39, 0.29) is 5.97 Å². The van der Waals surface area contributed by atoms with E-state index < -0.39 is 8.07 Å². The summed E-state index contributed by atoms with van der Waals surface area (Å²) in [5.41, 5.74) is 0.931. The summed E-state index contributed by atoms with van der Waals surface area (Å²) in [6.07, 6.45) is 4.27. The molecule has 24 heavy (non-hydrogen) atoms. The fraction of sp³-hybridized carbons (Fsp3) is 0.529. The van der Waals surface area contributed by atoms with E-state index in [1.807, 2.05) is 17.0 Å². The van der Waals surface area contributed by atoms with Crippen molar-refractivity contribution in [2.24, 2.45) is 0 Å². The molecule has 0 aliphatic heterocycles. The molecule has 0 aromatic carbocycles. The van der Waals surface area contributed by atoms with Crippen molar-refractivity contribution in [2.45, 2.75) is 43.7 Å². The molecule has 0 radical (unpaired) electrons. The SMILES string of the molecule is COC(=O)CCSc1cnc2c(ccn2COCC[Si](C)(C)C)c1. The first-order valence-corrected chi connectivity index (χ1v) is 12.8. The molecule has 0 fully saturated rings. The van der Waals surface area contributed by atoms with E-state index in [0.717, 1.165) is 22.5 Å². The number of aromatic nitrogens is 2. The summed E-state index contributed by atoms with van der Waals surface area (Å²) in [4.78, 5) is 16.7. The van der Waals surface area contributed by atoms with E-state index in [2.05, 4.69) is 41.5 Å². The van der Waals surface area contributed by atoms with Crippen LogP contribution in [0.2, 0.25) is 25.7 Å². The fourth-order valence-corrected chi connectivity index (χ4v) is 3.74. The second kappa shape index (κ2) is 8.69. The minimum Gasteiger partial charge on any atom is -0.469 e. The Labute approximate surface area is 148 Å². The second-order valence-corrected chi connectivity index (χ2v) is 13.7. The van der Waals surface area contributed by atoms with Crippen LogP contribution in [-0.2, 0) is 21.0 Å². The number of carbonyl (C=O) groups is 1. The van der Waals surface area contributed by atoms with Gasteiger partial charge < -0.3 is 14.0 Å². The van der Waals surface area contributed by atoms with Gasteiger partial charge in [0.1, 0.15) is 12.4 Å². The van der Waals surface area contributed by atoms with Gasteiger partial charge in [-0.25, -0.2) is 4.98 Å². The van der Waals surface area contributed by atoms with Crippen LogP contribution < -0.4 is 0 Å². The number of hydrogen-bond donors (Lipinski definition) is 0. The minimum atomic E-state index is -1.05. The highest BCUT2D eigenvalue weighted by molar-refractivity contribution is 7.99. The highest BCUT2D eigenvalue weighted by Crippen LogP contribution is 2.23. The number of rotatable bonds is 9. The molecule has 2 aromatic heterocycles. The lowest BCUT2D eigenvalue weighted by atomic mass is 10.3. The Morgan fingerprint density at radius 3 is 2.88 bits per heavy atom. The maximum absolute atomic E-state index is 11.1. The molecule has 0 N–H and O–H groups in total. The van der Waals surface area contributed by atoms with Gasteiger partial charge in [0.2, 0.25) is 0 Å². The Balaban J connectivity index is 1.89. The van der Waals surface area contributed by atoms with Crippen LogP contribution >= 0.6 is 11.8 Å². The van der Waals surface area contributed by atoms with E-state index in [0.29, 0.717) is 18.9 Å². The summed E-state index contributed by atoms with van der Waals surface area (Å²) in [5, 5.41) is 1.09. The first-order valence-electron chi connectivity index (χ1n) is 8.11. The normalized spacial score (nSPS) is 11.8. The third-order valence-corrected chi connectivity index (χ3v) is 6.27. The van der Waals surface area contributed by atoms with Crippen molar-refractivity contribution in [3.8, 4) is 0 Å². The van der Waals surface area contributed by atoms with Gasteiger partial charge in [0.15, 0.2) is 0 Å². The monoisotopic (exact) mass is 366 g/mol. The fourth-order valence-electron chi connectivity index (χ4n) is 2.14. The molecule has 7 heteroatoms. The Hall–Kier alpha value is -1.31. The predicted octanol–water partition coefficient (Wildman–Crippen LogP) is 4.00. The lowest BCUT2D eigenvalue weighted by Crippen LogP contribution is -2.22. The zero-order valence-electron chi connectivity index (χ0n) is 14.9. The van der Waals surface area contributed by atoms with E-state index in [1.165, 1.54) is 13.2 Å². The molecule has 132 valence electrons. The smallest absolute Gasteiger partial charge is 0.306 e. The molecule has 0 unspecified atom stereocenters. The molecule has 0 saturated carbocycles. The van der Waals surface area contributed by atoms with Crippen molar-refractivity contribution in [3.63, 3.8) is 0 Å². The molecule has 5 nitrogen and oxygen atoms in total. The number of nitrogens with zero attached hydrogens (tertiary/aromatic N) is 2. The van der Waals surface area contributed by atoms with E-state index in [9.17, 15) is 4.79 Å². The number of methoxy groups -OCH3 is 1. The van der Waals surface area contributed by atoms with Gasteiger partial charge in [-0.1, -0.05) is 19.6 Å². The molecule has 0 aliphatic carbocycles. The van der Waals surface area contributed by atoms with Crippen LogP contribution in [0.15, 0.2) is 29.4 Å². The minimum absolute atomic E-state index is 0.182. The highest BCUT2D eigenvalue weighted by Gasteiger charge is 2.12. The van der Waals surface area contributed by atoms with Crippen LogP contribution in [0.25, 0.3) is 11.0 Å². The van der Waals surface area contributed by atoms with Crippen molar-refractivity contribution >= 4 is 36.8 Å². The predicted molar refractivity (Wildman–Crippen MR) is 101 cm³/mol. The Morgan fingerprint density at radius 2 is 2.17 bits per heavy atom. The summed E-state index contributed by atoms with van der Waals surface area (Å²) in [7, 11) is 0.362. The average Bonchev–Trinajstić information content (AvgIpc) is 2.93. The maximum Gasteiger partial charge on any atom is 0.306 e. The van der Waals surface area contributed by atoms with Gasteiger partial charge in [-0.05, 0) is 18.2 Å². The zero-order chi connectivity index (χ0) is 17.6. The summed E-state index contributed by atoms with van der Waals surface area (Å²) in [6.45, 7) is 8.39. The largest absolute Gasteiger partial charge is 0.469 e. The number of esters is 1. The van der Waals surface area contributed by atoms with E-state index >= 15 is 0 Å². The quantitative estimate of drug-likeness (QED) is 0.290. The van der Waals surface area contributed by atoms with Gasteiger partial charge in [-0.3, -0.25) is 4.79 Å². The summed E-state index contributed by atoms with van der Waals surface area (Å²) < 4.78 is 12.5. The Bertz CT molecular complexity index is 682. The molecule has 0 amide bonds. The number of hydrogen-bond acceptors (Lipinski definition) is 5. The number of fused-ring (bicyclic) bond motifs is 1. The topological polar surface area (TPSA) is 53.3 Å². The third kappa shape index (κ3) is 5.96. The van der Waals surface area contributed by atoms with Crippen molar-refractivity contribution in [1.29, 1.82) is 0 Å².